The standard InChI is InChI=1S/C14H23N5O/c1-3-6-15-12-4-5-13(16-11-12)14(20)17-19-9-7-18(2)8-10-19/h4-5,11,15H,3,6-10H2,1-2H3,(H,17,20). The Morgan fingerprint density at radius 2 is 2.05 bits per heavy atom. The largest absolute Gasteiger partial charge is 0.384 e. The third-order valence-corrected chi connectivity index (χ3v) is 3.34. The average Bonchev–Trinajstić information content (AvgIpc) is 2.48. The van der Waals surface area contributed by atoms with Crippen LogP contribution >= 0.6 is 0 Å². The SMILES string of the molecule is CCCNc1ccc(C(=O)NN2CCN(C)CC2)nc1. The fraction of sp³-hybridized carbons (Fsp3) is 0.571. The molecule has 0 bridgehead atoms. The second-order valence-electron chi connectivity index (χ2n) is 5.09. The molecule has 1 aliphatic rings. The van der Waals surface area contributed by atoms with Gasteiger partial charge in [0, 0.05) is 32.7 Å². The topological polar surface area (TPSA) is 60.5 Å². The van der Waals surface area contributed by atoms with Crippen molar-refractivity contribution < 1.29 is 4.79 Å². The van der Waals surface area contributed by atoms with E-state index >= 15 is 0 Å². The zero-order valence-electron chi connectivity index (χ0n) is 12.2. The number of nitrogens with zero attached hydrogens (tertiary/aromatic N) is 3. The van der Waals surface area contributed by atoms with Crippen molar-refractivity contribution >= 4 is 11.6 Å². The number of hydrazine groups is 1. The number of likely N-dealkylation sites (N-methyl/N-ethyl adjacent to an activating group) is 1. The lowest BCUT2D eigenvalue weighted by Crippen LogP contribution is -2.52. The number of carbonyl (C=O) groups excluding carboxylic acids is 1. The van der Waals surface area contributed by atoms with Gasteiger partial charge < -0.3 is 10.2 Å². The maximum Gasteiger partial charge on any atom is 0.284 e. The Morgan fingerprint density at radius 1 is 1.30 bits per heavy atom. The molecule has 1 amide bonds. The number of aromatic nitrogens is 1. The fourth-order valence-electron chi connectivity index (χ4n) is 2.02. The van der Waals surface area contributed by atoms with Crippen molar-refractivity contribution in [3.8, 4) is 0 Å². The predicted molar refractivity (Wildman–Crippen MR) is 79.6 cm³/mol. The first-order valence-electron chi connectivity index (χ1n) is 7.13. The summed E-state index contributed by atoms with van der Waals surface area (Å²) in [6.07, 6.45) is 2.76. The van der Waals surface area contributed by atoms with Crippen LogP contribution in [0.1, 0.15) is 23.8 Å². The van der Waals surface area contributed by atoms with E-state index in [9.17, 15) is 4.79 Å². The van der Waals surface area contributed by atoms with Crippen molar-refractivity contribution in [2.45, 2.75) is 13.3 Å². The number of nitrogens with one attached hydrogen (secondary N) is 2. The minimum Gasteiger partial charge on any atom is -0.384 e. The maximum absolute atomic E-state index is 12.1. The molecule has 2 heterocycles. The number of anilines is 1. The van der Waals surface area contributed by atoms with Crippen molar-refractivity contribution in [2.75, 3.05) is 45.1 Å². The van der Waals surface area contributed by atoms with Crippen LogP contribution in [-0.4, -0.2) is 60.6 Å². The molecular formula is C14H23N5O. The summed E-state index contributed by atoms with van der Waals surface area (Å²) in [5.41, 5.74) is 4.30. The van der Waals surface area contributed by atoms with Gasteiger partial charge in [0.05, 0.1) is 11.9 Å². The molecule has 0 unspecified atom stereocenters. The third-order valence-electron chi connectivity index (χ3n) is 3.34. The van der Waals surface area contributed by atoms with Crippen molar-refractivity contribution in [3.63, 3.8) is 0 Å². The highest BCUT2D eigenvalue weighted by Gasteiger charge is 2.16. The van der Waals surface area contributed by atoms with Gasteiger partial charge >= 0.3 is 0 Å². The zero-order valence-corrected chi connectivity index (χ0v) is 12.2. The molecule has 1 saturated heterocycles. The molecule has 0 aromatic carbocycles. The molecule has 1 aliphatic heterocycles. The summed E-state index contributed by atoms with van der Waals surface area (Å²) in [5, 5.41) is 5.19. The highest BCUT2D eigenvalue weighted by atomic mass is 16.2. The molecule has 0 radical (unpaired) electrons. The number of rotatable bonds is 5. The molecule has 0 aliphatic carbocycles. The summed E-state index contributed by atoms with van der Waals surface area (Å²) in [6.45, 7) is 6.64. The van der Waals surface area contributed by atoms with E-state index in [-0.39, 0.29) is 5.91 Å². The van der Waals surface area contributed by atoms with E-state index in [1.54, 1.807) is 12.3 Å². The first-order chi connectivity index (χ1) is 9.69. The maximum atomic E-state index is 12.1. The summed E-state index contributed by atoms with van der Waals surface area (Å²) in [4.78, 5) is 18.5. The van der Waals surface area contributed by atoms with Gasteiger partial charge in [-0.3, -0.25) is 10.2 Å². The average molecular weight is 277 g/mol. The molecule has 20 heavy (non-hydrogen) atoms. The molecular weight excluding hydrogens is 254 g/mol. The summed E-state index contributed by atoms with van der Waals surface area (Å²) in [6, 6.07) is 3.64. The van der Waals surface area contributed by atoms with Crippen molar-refractivity contribution in [2.24, 2.45) is 0 Å². The van der Waals surface area contributed by atoms with E-state index < -0.39 is 0 Å². The fourth-order valence-corrected chi connectivity index (χ4v) is 2.02. The second kappa shape index (κ2) is 7.21. The van der Waals surface area contributed by atoms with E-state index in [4.69, 9.17) is 0 Å². The quantitative estimate of drug-likeness (QED) is 0.833. The van der Waals surface area contributed by atoms with Gasteiger partial charge in [-0.05, 0) is 25.6 Å². The van der Waals surface area contributed by atoms with Gasteiger partial charge in [0.2, 0.25) is 0 Å². The number of carbonyl (C=O) groups is 1. The molecule has 0 atom stereocenters. The van der Waals surface area contributed by atoms with E-state index in [0.29, 0.717) is 5.69 Å². The number of hydrogen-bond acceptors (Lipinski definition) is 5. The Labute approximate surface area is 120 Å². The van der Waals surface area contributed by atoms with Crippen LogP contribution in [0.5, 0.6) is 0 Å². The van der Waals surface area contributed by atoms with Crippen LogP contribution in [0.2, 0.25) is 0 Å². The Balaban J connectivity index is 1.85. The number of piperazine rings is 1. The molecule has 1 fully saturated rings. The minimum atomic E-state index is -0.142. The van der Waals surface area contributed by atoms with Crippen LogP contribution in [-0.2, 0) is 0 Å². The Bertz CT molecular complexity index is 426. The van der Waals surface area contributed by atoms with E-state index in [2.05, 4.69) is 34.6 Å². The Morgan fingerprint density at radius 3 is 2.65 bits per heavy atom. The molecule has 110 valence electrons. The highest BCUT2D eigenvalue weighted by Crippen LogP contribution is 2.06. The van der Waals surface area contributed by atoms with Gasteiger partial charge in [0.15, 0.2) is 0 Å². The second-order valence-corrected chi connectivity index (χ2v) is 5.09. The van der Waals surface area contributed by atoms with Crippen LogP contribution in [0.4, 0.5) is 5.69 Å². The van der Waals surface area contributed by atoms with Gasteiger partial charge in [-0.1, -0.05) is 6.92 Å². The summed E-state index contributed by atoms with van der Waals surface area (Å²) in [5.74, 6) is -0.142. The lowest BCUT2D eigenvalue weighted by atomic mass is 10.3. The molecule has 1 aromatic heterocycles. The van der Waals surface area contributed by atoms with E-state index in [0.717, 1.165) is 44.8 Å². The Hall–Kier alpha value is -1.66. The predicted octanol–water partition coefficient (Wildman–Crippen LogP) is 0.796. The lowest BCUT2D eigenvalue weighted by molar-refractivity contribution is 0.0658. The molecule has 0 saturated carbocycles. The summed E-state index contributed by atoms with van der Waals surface area (Å²) >= 11 is 0. The molecule has 2 N–H and O–H groups in total. The smallest absolute Gasteiger partial charge is 0.284 e. The molecule has 6 nitrogen and oxygen atoms in total. The zero-order chi connectivity index (χ0) is 14.4. The van der Waals surface area contributed by atoms with Gasteiger partial charge in [-0.25, -0.2) is 9.99 Å². The first-order valence-corrected chi connectivity index (χ1v) is 7.13. The van der Waals surface area contributed by atoms with E-state index in [1.165, 1.54) is 0 Å². The van der Waals surface area contributed by atoms with Crippen LogP contribution in [0.15, 0.2) is 18.3 Å². The minimum absolute atomic E-state index is 0.142. The van der Waals surface area contributed by atoms with Gasteiger partial charge in [0.25, 0.3) is 5.91 Å². The van der Waals surface area contributed by atoms with Crippen LogP contribution in [0.3, 0.4) is 0 Å². The van der Waals surface area contributed by atoms with Gasteiger partial charge in [-0.15, -0.1) is 0 Å². The molecule has 6 heteroatoms. The summed E-state index contributed by atoms with van der Waals surface area (Å²) in [7, 11) is 2.09. The van der Waals surface area contributed by atoms with Gasteiger partial charge in [-0.2, -0.15) is 0 Å². The normalized spacial score (nSPS) is 16.9. The highest BCUT2D eigenvalue weighted by molar-refractivity contribution is 5.92. The number of hydrogen-bond donors (Lipinski definition) is 2. The first kappa shape index (κ1) is 14.7. The van der Waals surface area contributed by atoms with Gasteiger partial charge in [0.1, 0.15) is 5.69 Å². The van der Waals surface area contributed by atoms with Crippen molar-refractivity contribution in [1.29, 1.82) is 0 Å². The van der Waals surface area contributed by atoms with Crippen molar-refractivity contribution in [3.05, 3.63) is 24.0 Å². The molecule has 2 rings (SSSR count). The van der Waals surface area contributed by atoms with Crippen LogP contribution in [0, 0.1) is 0 Å². The number of amides is 1. The van der Waals surface area contributed by atoms with Crippen LogP contribution in [0.25, 0.3) is 0 Å². The molecule has 0 spiro atoms. The van der Waals surface area contributed by atoms with Crippen molar-refractivity contribution in [1.82, 2.24) is 20.3 Å². The Kier molecular flexibility index (Phi) is 5.31. The van der Waals surface area contributed by atoms with Crippen LogP contribution < -0.4 is 10.7 Å². The molecule has 1 aromatic rings. The number of pyridine rings is 1. The lowest BCUT2D eigenvalue weighted by Gasteiger charge is -2.32. The summed E-state index contributed by atoms with van der Waals surface area (Å²) < 4.78 is 0. The van der Waals surface area contributed by atoms with E-state index in [1.807, 2.05) is 11.1 Å². The third kappa shape index (κ3) is 4.18. The monoisotopic (exact) mass is 277 g/mol.